The van der Waals surface area contributed by atoms with E-state index >= 15 is 0 Å². The smallest absolute Gasteiger partial charge is 0.862 e. The maximum absolute atomic E-state index is 11.3. The summed E-state index contributed by atoms with van der Waals surface area (Å²) in [6.07, 6.45) is -17.4. The van der Waals surface area contributed by atoms with Crippen molar-refractivity contribution in [2.75, 3.05) is 13.2 Å². The van der Waals surface area contributed by atoms with Gasteiger partial charge < -0.3 is 49.4 Å². The third kappa shape index (κ3) is 10.8. The molecule has 22 heteroatoms. The molecule has 36 heavy (non-hydrogen) atoms. The van der Waals surface area contributed by atoms with E-state index in [1.165, 1.54) is 0 Å². The molecule has 2 rings (SSSR count). The topological polar surface area (TPSA) is 294 Å². The summed E-state index contributed by atoms with van der Waals surface area (Å²) in [5, 5.41) is 62.1. The van der Waals surface area contributed by atoms with Gasteiger partial charge in [0.25, 0.3) is 0 Å². The van der Waals surface area contributed by atoms with E-state index < -0.39 is 101 Å². The predicted octanol–water partition coefficient (Wildman–Crippen LogP) is -12.3. The molecule has 0 radical (unpaired) electrons. The monoisotopic (exact) mass is 587 g/mol. The zero-order valence-electron chi connectivity index (χ0n) is 19.1. The van der Waals surface area contributed by atoms with Crippen molar-refractivity contribution in [2.24, 2.45) is 4.99 Å². The second-order valence-corrected chi connectivity index (χ2v) is 9.36. The number of ether oxygens (including phenoxy) is 3. The van der Waals surface area contributed by atoms with Crippen LogP contribution in [0.1, 0.15) is 6.92 Å². The summed E-state index contributed by atoms with van der Waals surface area (Å²) in [5.41, 5.74) is 0. The van der Waals surface area contributed by atoms with Crippen molar-refractivity contribution in [1.29, 1.82) is 0 Å². The molecule has 10 atom stereocenters. The Kier molecular flexibility index (Phi) is 15.4. The van der Waals surface area contributed by atoms with Gasteiger partial charge >= 0.3 is 69.5 Å². The third-order valence-electron chi connectivity index (χ3n) is 4.71. The van der Waals surface area contributed by atoms with Gasteiger partial charge in [0, 0.05) is 0 Å². The second-order valence-electron chi connectivity index (χ2n) is 7.21. The van der Waals surface area contributed by atoms with Crippen molar-refractivity contribution >= 4 is 26.7 Å². The molecular weight excluding hydrogens is 564 g/mol. The number of aliphatic hydroxyl groups excluding tert-OH is 5. The summed E-state index contributed by atoms with van der Waals surface area (Å²) in [5.74, 6) is -0.860. The Bertz CT molecular complexity index is 932. The van der Waals surface area contributed by atoms with Crippen LogP contribution in [0, 0.1) is 0 Å². The first kappa shape index (κ1) is 36.9. The molecule has 0 aromatic carbocycles. The molecule has 0 saturated carbocycles. The molecule has 2 fully saturated rings. The van der Waals surface area contributed by atoms with Crippen LogP contribution in [0.4, 0.5) is 0 Å². The van der Waals surface area contributed by atoms with Gasteiger partial charge in [0.2, 0.25) is 10.4 Å². The molecule has 2 saturated heterocycles. The maximum Gasteiger partial charge on any atom is 1.00 e. The average molecular weight is 587 g/mol. The van der Waals surface area contributed by atoms with Gasteiger partial charge in [-0.25, -0.2) is 12.6 Å². The summed E-state index contributed by atoms with van der Waals surface area (Å²) in [6.45, 7) is -1.21. The van der Waals surface area contributed by atoms with E-state index in [1.54, 1.807) is 0 Å². The fraction of sp³-hybridized carbons (Fsp3) is 0.929. The van der Waals surface area contributed by atoms with Gasteiger partial charge in [-0.15, -0.1) is 0 Å². The number of aliphatic imine (C=N–C) groups is 1. The van der Waals surface area contributed by atoms with E-state index in [2.05, 4.69) is 13.4 Å². The maximum atomic E-state index is 11.3. The third-order valence-corrected chi connectivity index (χ3v) is 5.57. The van der Waals surface area contributed by atoms with Crippen LogP contribution in [0.25, 0.3) is 0 Å². The van der Waals surface area contributed by atoms with Crippen LogP contribution in [0.5, 0.6) is 0 Å². The molecule has 2 heterocycles. The zero-order valence-corrected chi connectivity index (χ0v) is 24.8. The normalized spacial score (nSPS) is 38.1. The minimum atomic E-state index is -5.24. The standard InChI is InChI=1S/C14H25NO17S2.2Na/c1-4(16)15-7-9(18)12(6(30-13(7)21)3-29-34(25,26)27)32-14-11(20)10(19)8(17)5(31-14)2-28-33(22,23)24;;/h5-14,17-21H,2-3H2,1H3,(H,15,16)(H,22,23,24)(H,25,26,27);;/q;2*+1/p-2/t5-,6-,7-,8+,9-,10+,11-,12-,13-,14+;;/m1../s1. The Morgan fingerprint density at radius 1 is 0.889 bits per heavy atom. The molecule has 18 nitrogen and oxygen atoms in total. The van der Waals surface area contributed by atoms with Crippen LogP contribution in [-0.2, 0) is 43.4 Å². The van der Waals surface area contributed by atoms with Gasteiger partial charge in [-0.2, -0.15) is 8.42 Å². The van der Waals surface area contributed by atoms with Crippen LogP contribution in [0.15, 0.2) is 4.99 Å². The molecule has 2 aliphatic heterocycles. The molecule has 6 N–H and O–H groups in total. The van der Waals surface area contributed by atoms with E-state index in [1.807, 2.05) is 0 Å². The van der Waals surface area contributed by atoms with Crippen LogP contribution >= 0.6 is 0 Å². The molecule has 0 aromatic rings. The van der Waals surface area contributed by atoms with Crippen molar-refractivity contribution in [3.8, 4) is 0 Å². The van der Waals surface area contributed by atoms with Crippen molar-refractivity contribution in [3.05, 3.63) is 0 Å². The van der Waals surface area contributed by atoms with Gasteiger partial charge in [0.15, 0.2) is 12.6 Å². The van der Waals surface area contributed by atoms with E-state index in [0.717, 1.165) is 6.92 Å². The molecule has 0 amide bonds. The molecule has 2 aliphatic rings. The van der Waals surface area contributed by atoms with Gasteiger partial charge in [-0.1, -0.05) is 0 Å². The predicted molar refractivity (Wildman–Crippen MR) is 98.5 cm³/mol. The number of hydrogen-bond donors (Lipinski definition) is 6. The van der Waals surface area contributed by atoms with Crippen LogP contribution in [-0.4, -0.2) is 132 Å². The van der Waals surface area contributed by atoms with Crippen molar-refractivity contribution in [2.45, 2.75) is 68.3 Å². The Morgan fingerprint density at radius 2 is 1.44 bits per heavy atom. The SMILES string of the molecule is CC([O-])=N[C@@H]1[C@@H](O)[C@H](O[C@@H]2O[C@H](COS(=O)(=O)[O-])[C@H](O)[C@H](O)[C@H]2O)[C@@H](COS(=O)(=O)O)O[C@H]1O.[Na+].[Na+]. The van der Waals surface area contributed by atoms with E-state index in [-0.39, 0.29) is 59.1 Å². The first-order valence-electron chi connectivity index (χ1n) is 9.30. The number of aliphatic hydroxyl groups is 5. The minimum absolute atomic E-state index is 0. The first-order chi connectivity index (χ1) is 15.5. The van der Waals surface area contributed by atoms with E-state index in [4.69, 9.17) is 18.8 Å². The van der Waals surface area contributed by atoms with E-state index in [9.17, 15) is 52.0 Å². The summed E-state index contributed by atoms with van der Waals surface area (Å²) in [6, 6.07) is -1.69. The molecule has 200 valence electrons. The van der Waals surface area contributed by atoms with Gasteiger partial charge in [-0.05, 0) is 12.8 Å². The zero-order chi connectivity index (χ0) is 26.0. The van der Waals surface area contributed by atoms with Crippen LogP contribution in [0.2, 0.25) is 0 Å². The minimum Gasteiger partial charge on any atom is -0.862 e. The summed E-state index contributed by atoms with van der Waals surface area (Å²) >= 11 is 0. The van der Waals surface area contributed by atoms with Crippen molar-refractivity contribution in [3.63, 3.8) is 0 Å². The van der Waals surface area contributed by atoms with Gasteiger partial charge in [0.1, 0.15) is 48.8 Å². The fourth-order valence-electron chi connectivity index (χ4n) is 3.20. The largest absolute Gasteiger partial charge is 1.00 e. The van der Waals surface area contributed by atoms with Crippen LogP contribution < -0.4 is 64.2 Å². The quantitative estimate of drug-likeness (QED) is 0.0479. The average Bonchev–Trinajstić information content (AvgIpc) is 2.69. The van der Waals surface area contributed by atoms with Gasteiger partial charge in [0.05, 0.1) is 13.2 Å². The molecule has 0 unspecified atom stereocenters. The Morgan fingerprint density at radius 3 is 1.94 bits per heavy atom. The molecule has 0 aliphatic carbocycles. The number of nitrogens with zero attached hydrogens (tertiary/aromatic N) is 1. The summed E-state index contributed by atoms with van der Waals surface area (Å²) in [7, 11) is -10.3. The molecule has 0 bridgehead atoms. The Labute approximate surface area is 249 Å². The molecule has 0 aromatic heterocycles. The van der Waals surface area contributed by atoms with Crippen molar-refractivity contribution < 1.29 is 138 Å². The van der Waals surface area contributed by atoms with Gasteiger partial charge in [-0.3, -0.25) is 13.7 Å². The summed E-state index contributed by atoms with van der Waals surface area (Å²) < 4.78 is 86.2. The Balaban J connectivity index is 0.00000612. The first-order valence-corrected chi connectivity index (χ1v) is 12.0. The fourth-order valence-corrected chi connectivity index (χ4v) is 3.80. The summed E-state index contributed by atoms with van der Waals surface area (Å²) in [4.78, 5) is 3.44. The molecular formula is C14H23NNa2O17S2. The number of hydrogen-bond acceptors (Lipinski definition) is 17. The Hall–Kier alpha value is 0.890. The van der Waals surface area contributed by atoms with E-state index in [0.29, 0.717) is 0 Å². The number of rotatable bonds is 9. The van der Waals surface area contributed by atoms with Crippen LogP contribution in [0.3, 0.4) is 0 Å². The molecule has 0 spiro atoms. The second kappa shape index (κ2) is 15.0. The van der Waals surface area contributed by atoms with Crippen molar-refractivity contribution in [1.82, 2.24) is 0 Å².